The summed E-state index contributed by atoms with van der Waals surface area (Å²) >= 11 is 0. The van der Waals surface area contributed by atoms with E-state index >= 15 is 0 Å². The number of nitrogens with zero attached hydrogens (tertiary/aromatic N) is 4. The second-order valence-corrected chi connectivity index (χ2v) is 9.07. The van der Waals surface area contributed by atoms with Crippen molar-refractivity contribution in [3.63, 3.8) is 0 Å². The van der Waals surface area contributed by atoms with Crippen LogP contribution in [0.3, 0.4) is 0 Å². The summed E-state index contributed by atoms with van der Waals surface area (Å²) in [6, 6.07) is 0.879. The van der Waals surface area contributed by atoms with Crippen LogP contribution in [0.1, 0.15) is 51.4 Å². The van der Waals surface area contributed by atoms with Crippen LogP contribution >= 0.6 is 0 Å². The smallest absolute Gasteiger partial charge is 0.141 e. The number of hydrogen-bond donors (Lipinski definition) is 0. The average molecular weight is 611 g/mol. The predicted octanol–water partition coefficient (Wildman–Crippen LogP) is -0.640. The third-order valence-corrected chi connectivity index (χ3v) is 6.69. The number of rotatable bonds is 0. The summed E-state index contributed by atoms with van der Waals surface area (Å²) in [5.41, 5.74) is 7.47. The zero-order valence-corrected chi connectivity index (χ0v) is 23.4. The molecule has 0 unspecified atom stereocenters. The average Bonchev–Trinajstić information content (AvgIpc) is 2.85. The van der Waals surface area contributed by atoms with Gasteiger partial charge in [-0.15, -0.1) is 18.6 Å². The van der Waals surface area contributed by atoms with Gasteiger partial charge in [0.05, 0.1) is 24.2 Å². The first-order chi connectivity index (χ1) is 15.8. The number of allylic oxidation sites excluding steroid dienone is 9. The molecule has 2 saturated carbocycles. The Bertz CT molecular complexity index is 1050. The van der Waals surface area contributed by atoms with E-state index in [0.29, 0.717) is 0 Å². The second kappa shape index (κ2) is 16.4. The van der Waals surface area contributed by atoms with E-state index in [0.717, 1.165) is 48.0 Å². The van der Waals surface area contributed by atoms with E-state index in [1.165, 1.54) is 25.7 Å². The molecule has 4 nitrogen and oxygen atoms in total. The third-order valence-electron chi connectivity index (χ3n) is 6.69. The number of hydrogen-bond acceptors (Lipinski definition) is 4. The summed E-state index contributed by atoms with van der Waals surface area (Å²) in [6.45, 7) is 0. The first-order valence-electron chi connectivity index (χ1n) is 12.0. The van der Waals surface area contributed by atoms with E-state index in [2.05, 4.69) is 48.6 Å². The minimum Gasteiger partial charge on any atom is -1.00 e. The van der Waals surface area contributed by atoms with E-state index in [1.807, 2.05) is 24.9 Å². The van der Waals surface area contributed by atoms with E-state index in [4.69, 9.17) is 20.0 Å². The first kappa shape index (κ1) is 32.5. The standard InChI is InChI=1S/C28H30N4.2ClH.2Ni/c1-2-12-26-25(11-1)29-17-21-7-5-9-23(15-21)19-31-27-13-3-4-14-28(27)32-20-24-10-6-8-22(16-24)18-30-26;;;;/h5-10,17-20,25-28H,1-4,11-14H2;2*1H;;/p-2/t25-,26-,27-,28-;;;;/m1..../s1. The molecule has 1 aliphatic heterocycles. The van der Waals surface area contributed by atoms with Gasteiger partial charge in [-0.05, 0) is 31.9 Å². The monoisotopic (exact) mass is 608 g/mol. The molecule has 0 aromatic carbocycles. The Morgan fingerprint density at radius 2 is 1.28 bits per heavy atom. The normalized spacial score (nSPS) is 28.0. The third kappa shape index (κ3) is 8.81. The molecule has 36 heavy (non-hydrogen) atoms. The summed E-state index contributed by atoms with van der Waals surface area (Å²) in [5, 5.41) is 0. The van der Waals surface area contributed by atoms with Gasteiger partial charge in [0.2, 0.25) is 0 Å². The van der Waals surface area contributed by atoms with Gasteiger partial charge >= 0.3 is 0 Å². The summed E-state index contributed by atoms with van der Waals surface area (Å²) in [4.78, 5) is 19.7. The Morgan fingerprint density at radius 1 is 0.722 bits per heavy atom. The molecule has 5 aliphatic rings. The van der Waals surface area contributed by atoms with Crippen LogP contribution in [0.5, 0.6) is 0 Å². The molecule has 0 amide bonds. The van der Waals surface area contributed by atoms with Crippen LogP contribution in [0.15, 0.2) is 78.4 Å². The van der Waals surface area contributed by atoms with Gasteiger partial charge in [-0.2, -0.15) is 0 Å². The van der Waals surface area contributed by atoms with Crippen LogP contribution in [0.25, 0.3) is 0 Å². The Hall–Kier alpha value is -1.49. The molecule has 4 bridgehead atoms. The van der Waals surface area contributed by atoms with Crippen molar-refractivity contribution in [2.45, 2.75) is 75.5 Å². The molecular weight excluding hydrogens is 581 g/mol. The van der Waals surface area contributed by atoms with Gasteiger partial charge in [0.15, 0.2) is 0 Å². The van der Waals surface area contributed by atoms with Crippen LogP contribution in [0.2, 0.25) is 0 Å². The van der Waals surface area contributed by atoms with Crippen LogP contribution < -0.4 is 24.8 Å². The zero-order valence-electron chi connectivity index (χ0n) is 19.9. The van der Waals surface area contributed by atoms with Crippen molar-refractivity contribution >= 4 is 24.9 Å². The largest absolute Gasteiger partial charge is 1.00 e. The fraction of sp³-hybridized carbons (Fsp3) is 0.429. The van der Waals surface area contributed by atoms with Crippen molar-refractivity contribution in [1.29, 1.82) is 0 Å². The molecule has 0 radical (unpaired) electrons. The van der Waals surface area contributed by atoms with Crippen LogP contribution in [0.4, 0.5) is 0 Å². The van der Waals surface area contributed by atoms with Gasteiger partial charge < -0.3 is 29.8 Å². The maximum absolute atomic E-state index is 4.93. The molecule has 0 saturated heterocycles. The SMILES string of the molecule is C1=C2C=C[CH-]C=1C=N[C@@H]1CCCC[C@H]1N=CC1=[C+]C(=CC=C1)C=N[C@@H]1CCCC[C@H]1N=C2.[Cl-].[Cl-].[Ni].[Ni]. The molecule has 0 aromatic heterocycles. The number of aliphatic imine (C=N–C) groups is 4. The topological polar surface area (TPSA) is 49.4 Å². The Balaban J connectivity index is 0.00000162. The van der Waals surface area contributed by atoms with E-state index in [9.17, 15) is 0 Å². The molecule has 4 aliphatic carbocycles. The Kier molecular flexibility index (Phi) is 14.8. The van der Waals surface area contributed by atoms with E-state index in [1.54, 1.807) is 0 Å². The van der Waals surface area contributed by atoms with Crippen molar-refractivity contribution in [3.8, 4) is 0 Å². The Labute approximate surface area is 247 Å². The molecule has 1 heterocycles. The zero-order chi connectivity index (χ0) is 21.6. The maximum Gasteiger partial charge on any atom is 0.141 e. The van der Waals surface area contributed by atoms with Gasteiger partial charge in [0, 0.05) is 63.5 Å². The van der Waals surface area contributed by atoms with Gasteiger partial charge in [0.25, 0.3) is 0 Å². The van der Waals surface area contributed by atoms with Crippen molar-refractivity contribution < 1.29 is 57.8 Å². The molecule has 2 fully saturated rings. The first-order valence-corrected chi connectivity index (χ1v) is 12.0. The van der Waals surface area contributed by atoms with E-state index < -0.39 is 0 Å². The number of fused-ring (bicyclic) bond motifs is 3. The second-order valence-electron chi connectivity index (χ2n) is 9.07. The van der Waals surface area contributed by atoms with Crippen molar-refractivity contribution in [3.05, 3.63) is 70.9 Å². The molecular formula is C28H30Cl2N4Ni2-2. The van der Waals surface area contributed by atoms with Crippen molar-refractivity contribution in [1.82, 2.24) is 0 Å². The Morgan fingerprint density at radius 3 is 1.92 bits per heavy atom. The maximum atomic E-state index is 4.93. The summed E-state index contributed by atoms with van der Waals surface area (Å²) < 4.78 is 0. The quantitative estimate of drug-likeness (QED) is 0.199. The molecule has 5 rings (SSSR count). The molecule has 4 atom stereocenters. The van der Waals surface area contributed by atoms with E-state index in [-0.39, 0.29) is 82.0 Å². The fourth-order valence-electron chi connectivity index (χ4n) is 4.90. The van der Waals surface area contributed by atoms with Gasteiger partial charge in [0.1, 0.15) is 23.6 Å². The molecule has 0 N–H and O–H groups in total. The summed E-state index contributed by atoms with van der Waals surface area (Å²) in [5.74, 6) is 0. The van der Waals surface area contributed by atoms with Crippen molar-refractivity contribution in [2.24, 2.45) is 20.0 Å². The summed E-state index contributed by atoms with van der Waals surface area (Å²) in [7, 11) is 0. The molecule has 198 valence electrons. The van der Waals surface area contributed by atoms with Crippen LogP contribution in [-0.4, -0.2) is 49.0 Å². The molecule has 0 spiro atoms. The summed E-state index contributed by atoms with van der Waals surface area (Å²) in [6.07, 6.45) is 32.9. The minimum atomic E-state index is 0. The molecule has 0 aromatic rings. The number of halogens is 2. The molecule has 8 heteroatoms. The van der Waals surface area contributed by atoms with Crippen LogP contribution in [0, 0.1) is 12.5 Å². The fourth-order valence-corrected chi connectivity index (χ4v) is 4.90. The van der Waals surface area contributed by atoms with Gasteiger partial charge in [-0.3, -0.25) is 4.99 Å². The predicted molar refractivity (Wildman–Crippen MR) is 134 cm³/mol. The van der Waals surface area contributed by atoms with Crippen LogP contribution in [-0.2, 0) is 33.0 Å². The van der Waals surface area contributed by atoms with Crippen molar-refractivity contribution in [2.75, 3.05) is 0 Å². The van der Waals surface area contributed by atoms with Gasteiger partial charge in [-0.25, -0.2) is 15.7 Å². The van der Waals surface area contributed by atoms with Gasteiger partial charge in [-0.1, -0.05) is 36.8 Å². The minimum absolute atomic E-state index is 0.